The molecule has 0 aliphatic heterocycles. The quantitative estimate of drug-likeness (QED) is 0.125. The van der Waals surface area contributed by atoms with Crippen molar-refractivity contribution in [3.8, 4) is 0 Å². The number of aromatic nitrogens is 4. The number of anilines is 2. The maximum absolute atomic E-state index is 12.6. The Morgan fingerprint density at radius 2 is 1.41 bits per heavy atom. The number of benzene rings is 2. The van der Waals surface area contributed by atoms with E-state index in [1.54, 1.807) is 24.3 Å². The maximum atomic E-state index is 12.6. The standard InChI is InChI=1S/C29H30N8O5S2/c1-2-6-22(13-18-7-3-11-23(14-18)36(39)40)30-28-34-32-26(43-28)20-9-5-10-21(17-20)27-33-35-29(44-27)31-25(38)16-19-8-4-12-24(15-19)37(41)42/h3-4,6-8,11-12,14-15,20-21H,2,5,9-10,13,16-17H2,1H3,(H,30,34)(H,31,35,38)/b22-6+/t20-,21?/m0/s1. The van der Waals surface area contributed by atoms with Gasteiger partial charge in [0.15, 0.2) is 0 Å². The molecule has 4 aromatic rings. The molecule has 2 heterocycles. The van der Waals surface area contributed by atoms with Crippen molar-refractivity contribution in [1.82, 2.24) is 20.4 Å². The molecule has 0 bridgehead atoms. The van der Waals surface area contributed by atoms with Crippen molar-refractivity contribution in [1.29, 1.82) is 0 Å². The highest BCUT2D eigenvalue weighted by Gasteiger charge is 2.29. The van der Waals surface area contributed by atoms with Gasteiger partial charge < -0.3 is 10.6 Å². The molecule has 1 aliphatic carbocycles. The minimum Gasteiger partial charge on any atom is -0.334 e. The van der Waals surface area contributed by atoms with E-state index in [1.165, 1.54) is 40.9 Å². The summed E-state index contributed by atoms with van der Waals surface area (Å²) in [5, 5.41) is 48.6. The summed E-state index contributed by atoms with van der Waals surface area (Å²) < 4.78 is 0. The summed E-state index contributed by atoms with van der Waals surface area (Å²) in [6, 6.07) is 12.6. The maximum Gasteiger partial charge on any atom is 0.269 e. The fourth-order valence-electron chi connectivity index (χ4n) is 5.22. The van der Waals surface area contributed by atoms with E-state index in [9.17, 15) is 25.0 Å². The van der Waals surface area contributed by atoms with Crippen molar-refractivity contribution in [2.24, 2.45) is 0 Å². The van der Waals surface area contributed by atoms with Crippen LogP contribution in [0.25, 0.3) is 0 Å². The Labute approximate surface area is 260 Å². The molecule has 44 heavy (non-hydrogen) atoms. The number of hydrogen-bond acceptors (Lipinski definition) is 12. The van der Waals surface area contributed by atoms with E-state index in [2.05, 4.69) is 31.0 Å². The first-order valence-corrected chi connectivity index (χ1v) is 15.8. The number of hydrogen-bond donors (Lipinski definition) is 2. The van der Waals surface area contributed by atoms with Gasteiger partial charge in [0.05, 0.1) is 16.3 Å². The summed E-state index contributed by atoms with van der Waals surface area (Å²) in [4.78, 5) is 33.9. The summed E-state index contributed by atoms with van der Waals surface area (Å²) in [6.45, 7) is 2.03. The third-order valence-corrected chi connectivity index (χ3v) is 9.22. The van der Waals surface area contributed by atoms with Crippen molar-refractivity contribution in [2.45, 2.75) is 63.7 Å². The Balaban J connectivity index is 1.18. The van der Waals surface area contributed by atoms with Crippen molar-refractivity contribution >= 4 is 50.2 Å². The van der Waals surface area contributed by atoms with Crippen molar-refractivity contribution in [2.75, 3.05) is 10.6 Å². The Bertz CT molecular complexity index is 1690. The first-order valence-electron chi connectivity index (χ1n) is 14.2. The second-order valence-electron chi connectivity index (χ2n) is 10.5. The van der Waals surface area contributed by atoms with Crippen LogP contribution < -0.4 is 10.6 Å². The van der Waals surface area contributed by atoms with Crippen molar-refractivity contribution < 1.29 is 14.6 Å². The molecule has 1 aliphatic rings. The lowest BCUT2D eigenvalue weighted by atomic mass is 9.82. The molecule has 5 rings (SSSR count). The fourth-order valence-corrected chi connectivity index (χ4v) is 7.05. The van der Waals surface area contributed by atoms with E-state index in [1.807, 2.05) is 19.1 Å². The van der Waals surface area contributed by atoms with Gasteiger partial charge in [0.25, 0.3) is 11.4 Å². The van der Waals surface area contributed by atoms with Gasteiger partial charge in [0, 0.05) is 48.2 Å². The lowest BCUT2D eigenvalue weighted by molar-refractivity contribution is -0.385. The van der Waals surface area contributed by atoms with Gasteiger partial charge in [-0.05, 0) is 36.8 Å². The summed E-state index contributed by atoms with van der Waals surface area (Å²) in [5.41, 5.74) is 2.30. The molecular weight excluding hydrogens is 605 g/mol. The number of carbonyl (C=O) groups excluding carboxylic acids is 1. The first kappa shape index (κ1) is 30.8. The smallest absolute Gasteiger partial charge is 0.269 e. The average Bonchev–Trinajstić information content (AvgIpc) is 3.67. The van der Waals surface area contributed by atoms with Gasteiger partial charge in [0.2, 0.25) is 16.2 Å². The molecule has 15 heteroatoms. The largest absolute Gasteiger partial charge is 0.334 e. The van der Waals surface area contributed by atoms with Crippen LogP contribution in [0.5, 0.6) is 0 Å². The van der Waals surface area contributed by atoms with E-state index in [-0.39, 0.29) is 35.5 Å². The van der Waals surface area contributed by atoms with Gasteiger partial charge in [-0.15, -0.1) is 20.4 Å². The third kappa shape index (κ3) is 8.05. The molecule has 2 aromatic carbocycles. The monoisotopic (exact) mass is 634 g/mol. The van der Waals surface area contributed by atoms with E-state index < -0.39 is 9.85 Å². The van der Waals surface area contributed by atoms with Crippen LogP contribution in [0, 0.1) is 20.2 Å². The topological polar surface area (TPSA) is 179 Å². The third-order valence-electron chi connectivity index (χ3n) is 7.22. The lowest BCUT2D eigenvalue weighted by Gasteiger charge is -2.25. The molecular formula is C29H30N8O5S2. The minimum atomic E-state index is -0.487. The number of amides is 1. The molecule has 1 fully saturated rings. The number of rotatable bonds is 12. The molecule has 1 saturated carbocycles. The molecule has 0 spiro atoms. The average molecular weight is 635 g/mol. The second kappa shape index (κ2) is 14.2. The Hall–Kier alpha value is -4.63. The molecule has 2 aromatic heterocycles. The van der Waals surface area contributed by atoms with Crippen LogP contribution in [0.2, 0.25) is 0 Å². The van der Waals surface area contributed by atoms with E-state index >= 15 is 0 Å². The van der Waals surface area contributed by atoms with Gasteiger partial charge in [-0.25, -0.2) is 0 Å². The zero-order valence-corrected chi connectivity index (χ0v) is 25.5. The van der Waals surface area contributed by atoms with E-state index in [0.717, 1.165) is 53.4 Å². The summed E-state index contributed by atoms with van der Waals surface area (Å²) in [6.07, 6.45) is 7.15. The molecule has 13 nitrogen and oxygen atoms in total. The Kier molecular flexibility index (Phi) is 9.96. The van der Waals surface area contributed by atoms with Crippen molar-refractivity contribution in [3.63, 3.8) is 0 Å². The van der Waals surface area contributed by atoms with Crippen LogP contribution in [-0.4, -0.2) is 36.1 Å². The Morgan fingerprint density at radius 3 is 1.95 bits per heavy atom. The number of nitrogens with zero attached hydrogens (tertiary/aromatic N) is 6. The van der Waals surface area contributed by atoms with Gasteiger partial charge in [0.1, 0.15) is 10.0 Å². The number of carbonyl (C=O) groups is 1. The molecule has 0 radical (unpaired) electrons. The number of nitro benzene ring substituents is 2. The second-order valence-corrected chi connectivity index (χ2v) is 12.5. The van der Waals surface area contributed by atoms with Crippen LogP contribution in [0.3, 0.4) is 0 Å². The van der Waals surface area contributed by atoms with Crippen LogP contribution in [0.15, 0.2) is 60.3 Å². The summed E-state index contributed by atoms with van der Waals surface area (Å²) >= 11 is 2.86. The molecule has 228 valence electrons. The predicted molar refractivity (Wildman–Crippen MR) is 168 cm³/mol. The lowest BCUT2D eigenvalue weighted by Crippen LogP contribution is -2.14. The van der Waals surface area contributed by atoms with E-state index in [0.29, 0.717) is 22.2 Å². The van der Waals surface area contributed by atoms with Crippen LogP contribution in [0.1, 0.15) is 72.0 Å². The summed E-state index contributed by atoms with van der Waals surface area (Å²) in [5.74, 6) is 0.0805. The van der Waals surface area contributed by atoms with Crippen LogP contribution in [0.4, 0.5) is 21.6 Å². The SMILES string of the molecule is CC/C=C(\Cc1cccc([N+](=O)[O-])c1)Nc1nnc([C@H]2CCCC(c3nnc(NC(=O)Cc4cccc([N+](=O)[O-])c4)s3)C2)s1. The highest BCUT2D eigenvalue weighted by molar-refractivity contribution is 7.15. The highest BCUT2D eigenvalue weighted by Crippen LogP contribution is 2.43. The molecule has 2 N–H and O–H groups in total. The first-order chi connectivity index (χ1) is 21.3. The number of nitro groups is 2. The highest BCUT2D eigenvalue weighted by atomic mass is 32.1. The summed E-state index contributed by atoms with van der Waals surface area (Å²) in [7, 11) is 0. The van der Waals surface area contributed by atoms with Crippen LogP contribution >= 0.6 is 22.7 Å². The number of allylic oxidation sites excluding steroid dienone is 2. The van der Waals surface area contributed by atoms with Crippen LogP contribution in [-0.2, 0) is 17.6 Å². The predicted octanol–water partition coefficient (Wildman–Crippen LogP) is 6.78. The van der Waals surface area contributed by atoms with Gasteiger partial charge in [-0.2, -0.15) is 0 Å². The van der Waals surface area contributed by atoms with Gasteiger partial charge in [-0.1, -0.05) is 66.4 Å². The number of non-ortho nitro benzene ring substituents is 2. The molecule has 1 amide bonds. The fraction of sp³-hybridized carbons (Fsp3) is 0.345. The minimum absolute atomic E-state index is 0.00403. The zero-order chi connectivity index (χ0) is 31.1. The molecule has 2 atom stereocenters. The van der Waals surface area contributed by atoms with E-state index in [4.69, 9.17) is 0 Å². The zero-order valence-electron chi connectivity index (χ0n) is 23.8. The Morgan fingerprint density at radius 1 is 0.864 bits per heavy atom. The van der Waals surface area contributed by atoms with Gasteiger partial charge >= 0.3 is 0 Å². The molecule has 0 saturated heterocycles. The normalized spacial score (nSPS) is 16.8. The number of nitrogens with one attached hydrogen (secondary N) is 2. The van der Waals surface area contributed by atoms with Gasteiger partial charge in [-0.3, -0.25) is 25.0 Å². The molecule has 1 unspecified atom stereocenters. The van der Waals surface area contributed by atoms with Crippen molar-refractivity contribution in [3.05, 3.63) is 102 Å².